The molecule has 0 atom stereocenters. The molecule has 104 valence electrons. The summed E-state index contributed by atoms with van der Waals surface area (Å²) in [5, 5.41) is 0. The highest BCUT2D eigenvalue weighted by molar-refractivity contribution is 7.47. The zero-order valence-electron chi connectivity index (χ0n) is 8.16. The molecule has 0 saturated carbocycles. The van der Waals surface area contributed by atoms with Gasteiger partial charge in [0.2, 0.25) is 0 Å². The summed E-state index contributed by atoms with van der Waals surface area (Å²) in [5.41, 5.74) is 0. The van der Waals surface area contributed by atoms with Crippen LogP contribution in [0, 0.1) is 0 Å². The molecular weight excluding hydrogens is 302 g/mol. The predicted octanol–water partition coefficient (Wildman–Crippen LogP) is -2.20. The maximum atomic E-state index is 10.7. The van der Waals surface area contributed by atoms with Crippen LogP contribution in [-0.2, 0) is 37.3 Å². The summed E-state index contributed by atoms with van der Waals surface area (Å²) >= 11 is 0. The minimum atomic E-state index is -5.28. The largest absolute Gasteiger partial charge is 0.527 e. The molecule has 0 aliphatic heterocycles. The molecular formula is C4H6O12P2. The summed E-state index contributed by atoms with van der Waals surface area (Å²) in [4.78, 5) is 64.4. The SMILES string of the molecule is O=C(COP(=O)(O)O)OC(=O)C(=O)OP(=O)(O)O. The van der Waals surface area contributed by atoms with E-state index in [1.54, 1.807) is 0 Å². The molecule has 0 spiro atoms. The van der Waals surface area contributed by atoms with Gasteiger partial charge in [0.25, 0.3) is 0 Å². The van der Waals surface area contributed by atoms with Crippen LogP contribution in [0.15, 0.2) is 0 Å². The first kappa shape index (κ1) is 16.9. The van der Waals surface area contributed by atoms with E-state index in [2.05, 4.69) is 13.8 Å². The fourth-order valence-electron chi connectivity index (χ4n) is 0.457. The van der Waals surface area contributed by atoms with Gasteiger partial charge < -0.3 is 19.0 Å². The Morgan fingerprint density at radius 2 is 1.39 bits per heavy atom. The number of carbonyl (C=O) groups is 3. The maximum Gasteiger partial charge on any atom is 0.527 e. The fourth-order valence-corrected chi connectivity index (χ4v) is 1.02. The Bertz CT molecular complexity index is 439. The molecule has 4 N–H and O–H groups in total. The summed E-state index contributed by atoms with van der Waals surface area (Å²) in [7, 11) is -10.3. The van der Waals surface area contributed by atoms with Crippen molar-refractivity contribution in [1.82, 2.24) is 0 Å². The first-order valence-corrected chi connectivity index (χ1v) is 6.71. The molecule has 0 aliphatic rings. The van der Waals surface area contributed by atoms with E-state index in [4.69, 9.17) is 19.6 Å². The molecule has 0 unspecified atom stereocenters. The molecule has 0 aromatic heterocycles. The average molecular weight is 308 g/mol. The summed E-state index contributed by atoms with van der Waals surface area (Å²) < 4.78 is 30.7. The Balaban J connectivity index is 4.25. The summed E-state index contributed by atoms with van der Waals surface area (Å²) in [6.45, 7) is -1.36. The van der Waals surface area contributed by atoms with Crippen molar-refractivity contribution in [3.8, 4) is 0 Å². The van der Waals surface area contributed by atoms with Crippen LogP contribution in [0.3, 0.4) is 0 Å². The van der Waals surface area contributed by atoms with Gasteiger partial charge in [-0.05, 0) is 0 Å². The van der Waals surface area contributed by atoms with Crippen LogP contribution >= 0.6 is 15.6 Å². The molecule has 12 nitrogen and oxygen atoms in total. The summed E-state index contributed by atoms with van der Waals surface area (Å²) in [5.74, 6) is -5.92. The lowest BCUT2D eigenvalue weighted by atomic mass is 10.7. The van der Waals surface area contributed by atoms with Gasteiger partial charge in [0.15, 0.2) is 6.61 Å². The van der Waals surface area contributed by atoms with E-state index in [1.807, 2.05) is 0 Å². The molecule has 0 heterocycles. The molecule has 0 aliphatic carbocycles. The highest BCUT2D eigenvalue weighted by atomic mass is 31.2. The lowest BCUT2D eigenvalue weighted by Crippen LogP contribution is -2.24. The first-order chi connectivity index (χ1) is 7.91. The van der Waals surface area contributed by atoms with Crippen molar-refractivity contribution in [2.75, 3.05) is 6.61 Å². The smallest absolute Gasteiger partial charge is 0.383 e. The van der Waals surface area contributed by atoms with Crippen molar-refractivity contribution in [2.24, 2.45) is 0 Å². The average Bonchev–Trinajstić information content (AvgIpc) is 2.10. The van der Waals surface area contributed by atoms with Gasteiger partial charge in [-0.25, -0.2) is 23.5 Å². The van der Waals surface area contributed by atoms with E-state index in [0.717, 1.165) is 0 Å². The molecule has 0 radical (unpaired) electrons. The number of carbonyl (C=O) groups excluding carboxylic acids is 3. The summed E-state index contributed by atoms with van der Waals surface area (Å²) in [6.07, 6.45) is 0. The molecule has 18 heavy (non-hydrogen) atoms. The monoisotopic (exact) mass is 308 g/mol. The number of ether oxygens (including phenoxy) is 1. The van der Waals surface area contributed by atoms with Crippen molar-refractivity contribution in [2.45, 2.75) is 0 Å². The Morgan fingerprint density at radius 1 is 0.889 bits per heavy atom. The lowest BCUT2D eigenvalue weighted by molar-refractivity contribution is -0.171. The standard InChI is InChI=1S/C4H6O12P2/c5-2(1-14-17(8,9)10)15-3(6)4(7)16-18(11,12)13/h1H2,(H2,8,9,10)(H2,11,12,13). The third-order valence-corrected chi connectivity index (χ3v) is 1.79. The van der Waals surface area contributed by atoms with E-state index in [0.29, 0.717) is 0 Å². The Labute approximate surface area is 97.9 Å². The number of hydrogen-bond donors (Lipinski definition) is 4. The van der Waals surface area contributed by atoms with Gasteiger partial charge >= 0.3 is 33.6 Å². The normalized spacial score (nSPS) is 11.8. The van der Waals surface area contributed by atoms with Crippen molar-refractivity contribution < 1.29 is 56.9 Å². The van der Waals surface area contributed by atoms with Crippen LogP contribution < -0.4 is 0 Å². The van der Waals surface area contributed by atoms with Crippen molar-refractivity contribution >= 4 is 33.6 Å². The molecule has 0 fully saturated rings. The van der Waals surface area contributed by atoms with E-state index in [-0.39, 0.29) is 0 Å². The lowest BCUT2D eigenvalue weighted by Gasteiger charge is -2.05. The third kappa shape index (κ3) is 8.96. The Hall–Kier alpha value is -1.13. The van der Waals surface area contributed by atoms with Gasteiger partial charge in [-0.1, -0.05) is 0 Å². The van der Waals surface area contributed by atoms with Crippen molar-refractivity contribution in [1.29, 1.82) is 0 Å². The van der Waals surface area contributed by atoms with Crippen LogP contribution in [0.5, 0.6) is 0 Å². The van der Waals surface area contributed by atoms with Crippen LogP contribution in [0.25, 0.3) is 0 Å². The Morgan fingerprint density at radius 3 is 1.78 bits per heavy atom. The molecule has 0 saturated heterocycles. The van der Waals surface area contributed by atoms with Crippen LogP contribution in [0.1, 0.15) is 0 Å². The topological polar surface area (TPSA) is 194 Å². The van der Waals surface area contributed by atoms with Gasteiger partial charge in [-0.3, -0.25) is 14.3 Å². The van der Waals surface area contributed by atoms with Gasteiger partial charge in [0, 0.05) is 0 Å². The van der Waals surface area contributed by atoms with E-state index in [9.17, 15) is 23.5 Å². The molecule has 0 rings (SSSR count). The highest BCUT2D eigenvalue weighted by Crippen LogP contribution is 2.36. The minimum absolute atomic E-state index is 1.36. The first-order valence-electron chi connectivity index (χ1n) is 3.65. The second kappa shape index (κ2) is 6.16. The molecule has 0 aromatic carbocycles. The van der Waals surface area contributed by atoms with E-state index >= 15 is 0 Å². The zero-order valence-corrected chi connectivity index (χ0v) is 9.95. The second-order valence-electron chi connectivity index (χ2n) is 2.39. The number of phosphoric acid groups is 2. The quantitative estimate of drug-likeness (QED) is 0.190. The Kier molecular flexibility index (Phi) is 5.77. The van der Waals surface area contributed by atoms with Crippen LogP contribution in [0.4, 0.5) is 0 Å². The number of hydrogen-bond acceptors (Lipinski definition) is 8. The molecule has 14 heteroatoms. The fraction of sp³-hybridized carbons (Fsp3) is 0.250. The third-order valence-electron chi connectivity index (χ3n) is 0.926. The van der Waals surface area contributed by atoms with Gasteiger partial charge in [0.05, 0.1) is 0 Å². The van der Waals surface area contributed by atoms with Crippen LogP contribution in [0.2, 0.25) is 0 Å². The molecule has 0 bridgehead atoms. The van der Waals surface area contributed by atoms with Gasteiger partial charge in [-0.2, -0.15) is 0 Å². The second-order valence-corrected chi connectivity index (χ2v) is 4.80. The van der Waals surface area contributed by atoms with Crippen molar-refractivity contribution in [3.05, 3.63) is 0 Å². The molecule has 0 aromatic rings. The zero-order chi connectivity index (χ0) is 14.6. The maximum absolute atomic E-state index is 10.7. The predicted molar refractivity (Wildman–Crippen MR) is 47.2 cm³/mol. The number of esters is 2. The highest BCUT2D eigenvalue weighted by Gasteiger charge is 2.29. The molecule has 0 amide bonds. The van der Waals surface area contributed by atoms with Crippen LogP contribution in [-0.4, -0.2) is 44.1 Å². The van der Waals surface area contributed by atoms with Gasteiger partial charge in [-0.15, -0.1) is 0 Å². The van der Waals surface area contributed by atoms with Crippen molar-refractivity contribution in [3.63, 3.8) is 0 Å². The summed E-state index contributed by atoms with van der Waals surface area (Å²) in [6, 6.07) is 0. The van der Waals surface area contributed by atoms with E-state index in [1.165, 1.54) is 0 Å². The number of rotatable bonds is 4. The van der Waals surface area contributed by atoms with Gasteiger partial charge in [0.1, 0.15) is 0 Å². The minimum Gasteiger partial charge on any atom is -0.383 e. The van der Waals surface area contributed by atoms with E-state index < -0.39 is 40.2 Å². The number of phosphoric ester groups is 2.